The minimum Gasteiger partial charge on any atom is -0.462 e. The molecule has 1 aromatic rings. The fraction of sp³-hybridized carbons (Fsp3) is 0.167. The molecule has 0 aliphatic carbocycles. The van der Waals surface area contributed by atoms with Crippen LogP contribution in [-0.2, 0) is 9.53 Å². The number of hydrogen-bond acceptors (Lipinski definition) is 4. The van der Waals surface area contributed by atoms with E-state index in [9.17, 15) is 4.79 Å². The summed E-state index contributed by atoms with van der Waals surface area (Å²) >= 11 is 6.70. The summed E-state index contributed by atoms with van der Waals surface area (Å²) in [4.78, 5) is 11.4. The van der Waals surface area contributed by atoms with Gasteiger partial charge in [0.15, 0.2) is 5.57 Å². The molecule has 0 unspecified atom stereocenters. The first-order valence-corrected chi connectivity index (χ1v) is 6.66. The van der Waals surface area contributed by atoms with Crippen molar-refractivity contribution < 1.29 is 9.53 Å². The molecule has 1 N–H and O–H groups in total. The molecule has 0 saturated heterocycles. The maximum absolute atomic E-state index is 11.4. The molecule has 0 radical (unpaired) electrons. The zero-order chi connectivity index (χ0) is 13.5. The van der Waals surface area contributed by atoms with E-state index < -0.39 is 5.97 Å². The third-order valence-corrected chi connectivity index (χ3v) is 3.07. The first-order valence-electron chi connectivity index (χ1n) is 5.07. The van der Waals surface area contributed by atoms with E-state index in [1.165, 1.54) is 6.20 Å². The van der Waals surface area contributed by atoms with E-state index in [1.54, 1.807) is 13.0 Å². The first kappa shape index (κ1) is 14.7. The van der Waals surface area contributed by atoms with Crippen molar-refractivity contribution >= 4 is 43.5 Å². The van der Waals surface area contributed by atoms with Gasteiger partial charge in [-0.05, 0) is 41.1 Å². The molecule has 0 aromatic heterocycles. The van der Waals surface area contributed by atoms with Gasteiger partial charge < -0.3 is 10.1 Å². The van der Waals surface area contributed by atoms with Crippen LogP contribution in [-0.4, -0.2) is 12.6 Å². The average Bonchev–Trinajstić information content (AvgIpc) is 2.32. The Balaban J connectivity index is 2.84. The van der Waals surface area contributed by atoms with Gasteiger partial charge in [-0.15, -0.1) is 0 Å². The molecule has 0 bridgehead atoms. The Kier molecular flexibility index (Phi) is 5.89. The number of benzene rings is 1. The number of nitriles is 1. The van der Waals surface area contributed by atoms with Crippen molar-refractivity contribution in [1.29, 1.82) is 5.26 Å². The molecule has 18 heavy (non-hydrogen) atoms. The van der Waals surface area contributed by atoms with Gasteiger partial charge in [0, 0.05) is 15.1 Å². The minimum absolute atomic E-state index is 0.0772. The number of ether oxygens (including phenoxy) is 1. The zero-order valence-electron chi connectivity index (χ0n) is 9.54. The maximum Gasteiger partial charge on any atom is 0.350 e. The van der Waals surface area contributed by atoms with Crippen molar-refractivity contribution in [1.82, 2.24) is 0 Å². The highest BCUT2D eigenvalue weighted by atomic mass is 79.9. The maximum atomic E-state index is 11.4. The number of anilines is 1. The Morgan fingerprint density at radius 2 is 2.28 bits per heavy atom. The molecule has 0 atom stereocenters. The lowest BCUT2D eigenvalue weighted by Crippen LogP contribution is -2.08. The van der Waals surface area contributed by atoms with E-state index in [2.05, 4.69) is 37.2 Å². The molecule has 1 rings (SSSR count). The topological polar surface area (TPSA) is 62.1 Å². The average molecular weight is 374 g/mol. The molecular formula is C12H10Br2N2O2. The van der Waals surface area contributed by atoms with Crippen molar-refractivity contribution in [3.05, 3.63) is 38.9 Å². The highest BCUT2D eigenvalue weighted by Gasteiger charge is 2.09. The summed E-state index contributed by atoms with van der Waals surface area (Å²) in [7, 11) is 0. The van der Waals surface area contributed by atoms with Crippen LogP contribution in [0.25, 0.3) is 0 Å². The van der Waals surface area contributed by atoms with Crippen molar-refractivity contribution in [3.63, 3.8) is 0 Å². The normalized spacial score (nSPS) is 10.7. The lowest BCUT2D eigenvalue weighted by atomic mass is 10.3. The predicted octanol–water partition coefficient (Wildman–Crippen LogP) is 3.59. The smallest absolute Gasteiger partial charge is 0.350 e. The van der Waals surface area contributed by atoms with E-state index in [0.717, 1.165) is 14.6 Å². The summed E-state index contributed by atoms with van der Waals surface area (Å²) in [5.74, 6) is -0.638. The van der Waals surface area contributed by atoms with E-state index >= 15 is 0 Å². The summed E-state index contributed by atoms with van der Waals surface area (Å²) < 4.78 is 6.48. The molecule has 94 valence electrons. The Labute approximate surface area is 122 Å². The van der Waals surface area contributed by atoms with Crippen LogP contribution < -0.4 is 5.32 Å². The SMILES string of the molecule is CCOC(=O)C(C#N)=CNc1ccc(Br)cc1Br. The quantitative estimate of drug-likeness (QED) is 0.497. The second-order valence-electron chi connectivity index (χ2n) is 3.16. The van der Waals surface area contributed by atoms with Gasteiger partial charge in [-0.2, -0.15) is 5.26 Å². The second kappa shape index (κ2) is 7.19. The number of carbonyl (C=O) groups excluding carboxylic acids is 1. The molecule has 0 spiro atoms. The van der Waals surface area contributed by atoms with Gasteiger partial charge in [0.2, 0.25) is 0 Å². The number of nitrogens with one attached hydrogen (secondary N) is 1. The fourth-order valence-corrected chi connectivity index (χ4v) is 2.26. The van der Waals surface area contributed by atoms with Crippen LogP contribution in [0.2, 0.25) is 0 Å². The molecular weight excluding hydrogens is 364 g/mol. The molecule has 0 heterocycles. The fourth-order valence-electron chi connectivity index (χ4n) is 1.10. The Morgan fingerprint density at radius 3 is 2.83 bits per heavy atom. The van der Waals surface area contributed by atoms with Crippen molar-refractivity contribution in [2.45, 2.75) is 6.92 Å². The first-order chi connectivity index (χ1) is 8.58. The predicted molar refractivity (Wildman–Crippen MR) is 75.8 cm³/mol. The third kappa shape index (κ3) is 4.17. The van der Waals surface area contributed by atoms with Gasteiger partial charge in [0.25, 0.3) is 0 Å². The van der Waals surface area contributed by atoms with Gasteiger partial charge >= 0.3 is 5.97 Å². The number of rotatable bonds is 4. The highest BCUT2D eigenvalue weighted by Crippen LogP contribution is 2.26. The van der Waals surface area contributed by atoms with Crippen LogP contribution in [0.5, 0.6) is 0 Å². The zero-order valence-corrected chi connectivity index (χ0v) is 12.7. The number of hydrogen-bond donors (Lipinski definition) is 1. The van der Waals surface area contributed by atoms with Gasteiger partial charge in [-0.3, -0.25) is 0 Å². The summed E-state index contributed by atoms with van der Waals surface area (Å²) in [5.41, 5.74) is 0.668. The standard InChI is InChI=1S/C12H10Br2N2O2/c1-2-18-12(17)8(6-15)7-16-11-4-3-9(13)5-10(11)14/h3-5,7,16H,2H2,1H3. The largest absolute Gasteiger partial charge is 0.462 e. The molecule has 0 fully saturated rings. The molecule has 0 saturated carbocycles. The molecule has 0 amide bonds. The second-order valence-corrected chi connectivity index (χ2v) is 4.93. The summed E-state index contributed by atoms with van der Waals surface area (Å²) in [6, 6.07) is 7.30. The Morgan fingerprint density at radius 1 is 1.56 bits per heavy atom. The van der Waals surface area contributed by atoms with Crippen LogP contribution in [0.15, 0.2) is 38.9 Å². The number of esters is 1. The van der Waals surface area contributed by atoms with Crippen LogP contribution in [0.1, 0.15) is 6.92 Å². The van der Waals surface area contributed by atoms with Gasteiger partial charge in [0.1, 0.15) is 6.07 Å². The third-order valence-electron chi connectivity index (χ3n) is 1.92. The summed E-state index contributed by atoms with van der Waals surface area (Å²) in [5, 5.41) is 11.7. The Hall–Kier alpha value is -1.32. The van der Waals surface area contributed by atoms with Crippen LogP contribution in [0, 0.1) is 11.3 Å². The van der Waals surface area contributed by atoms with Crippen molar-refractivity contribution in [3.8, 4) is 6.07 Å². The van der Waals surface area contributed by atoms with Gasteiger partial charge in [0.05, 0.1) is 12.3 Å². The minimum atomic E-state index is -0.638. The van der Waals surface area contributed by atoms with E-state index in [-0.39, 0.29) is 12.2 Å². The van der Waals surface area contributed by atoms with Gasteiger partial charge in [-0.25, -0.2) is 4.79 Å². The van der Waals surface area contributed by atoms with E-state index in [0.29, 0.717) is 0 Å². The number of nitrogens with zero attached hydrogens (tertiary/aromatic N) is 1. The summed E-state index contributed by atoms with van der Waals surface area (Å²) in [6.07, 6.45) is 1.33. The number of halogens is 2. The van der Waals surface area contributed by atoms with E-state index in [1.807, 2.05) is 18.2 Å². The Bertz CT molecular complexity index is 521. The van der Waals surface area contributed by atoms with Crippen molar-refractivity contribution in [2.75, 3.05) is 11.9 Å². The lowest BCUT2D eigenvalue weighted by Gasteiger charge is -2.05. The highest BCUT2D eigenvalue weighted by molar-refractivity contribution is 9.11. The summed E-state index contributed by atoms with van der Waals surface area (Å²) in [6.45, 7) is 1.92. The van der Waals surface area contributed by atoms with Crippen LogP contribution in [0.4, 0.5) is 5.69 Å². The molecule has 1 aromatic carbocycles. The van der Waals surface area contributed by atoms with Crippen LogP contribution >= 0.6 is 31.9 Å². The molecule has 4 nitrogen and oxygen atoms in total. The van der Waals surface area contributed by atoms with Crippen LogP contribution in [0.3, 0.4) is 0 Å². The van der Waals surface area contributed by atoms with Crippen molar-refractivity contribution in [2.24, 2.45) is 0 Å². The lowest BCUT2D eigenvalue weighted by molar-refractivity contribution is -0.138. The number of carbonyl (C=O) groups is 1. The van der Waals surface area contributed by atoms with E-state index in [4.69, 9.17) is 10.00 Å². The van der Waals surface area contributed by atoms with Gasteiger partial charge in [-0.1, -0.05) is 15.9 Å². The molecule has 6 heteroatoms. The molecule has 0 aliphatic rings. The monoisotopic (exact) mass is 372 g/mol. The molecule has 0 aliphatic heterocycles.